The maximum atomic E-state index is 12.6. The van der Waals surface area contributed by atoms with Crippen LogP contribution in [-0.4, -0.2) is 10.9 Å². The minimum Gasteiger partial charge on any atom is -0.335 e. The van der Waals surface area contributed by atoms with Gasteiger partial charge in [-0.25, -0.2) is 0 Å². The Morgan fingerprint density at radius 3 is 2.35 bits per heavy atom. The lowest BCUT2D eigenvalue weighted by atomic mass is 10.1. The van der Waals surface area contributed by atoms with Gasteiger partial charge in [0.25, 0.3) is 0 Å². The van der Waals surface area contributed by atoms with Crippen molar-refractivity contribution in [2.24, 2.45) is 5.73 Å². The van der Waals surface area contributed by atoms with Crippen LogP contribution < -0.4 is 11.1 Å². The van der Waals surface area contributed by atoms with Gasteiger partial charge in [0, 0.05) is 12.2 Å². The van der Waals surface area contributed by atoms with Crippen LogP contribution >= 0.6 is 36.6 Å². The minimum atomic E-state index is -4.41. The third-order valence-corrected chi connectivity index (χ3v) is 2.78. The van der Waals surface area contributed by atoms with Crippen molar-refractivity contribution in [3.8, 4) is 0 Å². The highest BCUT2D eigenvalue weighted by molar-refractivity contribution is 8.14. The Morgan fingerprint density at radius 1 is 1.30 bits per heavy atom. The number of anilines is 1. The van der Waals surface area contributed by atoms with Crippen molar-refractivity contribution in [2.75, 3.05) is 11.1 Å². The predicted molar refractivity (Wildman–Crippen MR) is 83.3 cm³/mol. The standard InChI is InChI=1S/C11H14F3N3S.2ClH/c1-2-18-10(16)17-9-4-7(6-15)3-8(5-9)11(12,13)14;;/h3-5H,2,6,15H2,1H3,(H2,16,17);2*1H. The second-order valence-electron chi connectivity index (χ2n) is 3.51. The summed E-state index contributed by atoms with van der Waals surface area (Å²) in [6.07, 6.45) is -4.41. The predicted octanol–water partition coefficient (Wildman–Crippen LogP) is 4.11. The summed E-state index contributed by atoms with van der Waals surface area (Å²) in [6, 6.07) is 3.51. The Balaban J connectivity index is 0. The first-order chi connectivity index (χ1) is 8.36. The van der Waals surface area contributed by atoms with Crippen molar-refractivity contribution in [3.05, 3.63) is 29.3 Å². The van der Waals surface area contributed by atoms with Crippen molar-refractivity contribution >= 4 is 47.4 Å². The van der Waals surface area contributed by atoms with Crippen molar-refractivity contribution in [2.45, 2.75) is 19.6 Å². The molecule has 0 atom stereocenters. The van der Waals surface area contributed by atoms with E-state index in [1.807, 2.05) is 6.92 Å². The van der Waals surface area contributed by atoms with E-state index in [4.69, 9.17) is 11.1 Å². The second-order valence-corrected chi connectivity index (χ2v) is 4.78. The van der Waals surface area contributed by atoms with Crippen molar-refractivity contribution in [3.63, 3.8) is 0 Å². The Bertz CT molecular complexity index is 441. The summed E-state index contributed by atoms with van der Waals surface area (Å²) in [4.78, 5) is 0. The van der Waals surface area contributed by atoms with Gasteiger partial charge in [-0.15, -0.1) is 24.8 Å². The highest BCUT2D eigenvalue weighted by atomic mass is 35.5. The van der Waals surface area contributed by atoms with Gasteiger partial charge in [0.05, 0.1) is 5.56 Å². The number of hydrogen-bond donors (Lipinski definition) is 3. The van der Waals surface area contributed by atoms with Crippen LogP contribution in [0.25, 0.3) is 0 Å². The van der Waals surface area contributed by atoms with Crippen molar-refractivity contribution < 1.29 is 13.2 Å². The highest BCUT2D eigenvalue weighted by Gasteiger charge is 2.31. The molecule has 1 aromatic carbocycles. The van der Waals surface area contributed by atoms with Crippen LogP contribution in [0.15, 0.2) is 18.2 Å². The molecule has 0 fully saturated rings. The lowest BCUT2D eigenvalue weighted by molar-refractivity contribution is -0.137. The van der Waals surface area contributed by atoms with E-state index in [0.717, 1.165) is 12.1 Å². The van der Waals surface area contributed by atoms with E-state index in [2.05, 4.69) is 5.32 Å². The number of alkyl halides is 3. The molecule has 9 heteroatoms. The van der Waals surface area contributed by atoms with E-state index >= 15 is 0 Å². The smallest absolute Gasteiger partial charge is 0.335 e. The molecule has 3 nitrogen and oxygen atoms in total. The summed E-state index contributed by atoms with van der Waals surface area (Å²) in [5.74, 6) is 0.675. The summed E-state index contributed by atoms with van der Waals surface area (Å²) in [6.45, 7) is 1.88. The zero-order valence-electron chi connectivity index (χ0n) is 10.6. The Labute approximate surface area is 132 Å². The average Bonchev–Trinajstić information content (AvgIpc) is 2.27. The van der Waals surface area contributed by atoms with Crippen molar-refractivity contribution in [1.82, 2.24) is 0 Å². The van der Waals surface area contributed by atoms with Gasteiger partial charge in [0.2, 0.25) is 0 Å². The van der Waals surface area contributed by atoms with Crippen LogP contribution in [0.3, 0.4) is 0 Å². The van der Waals surface area contributed by atoms with Crippen LogP contribution in [0.2, 0.25) is 0 Å². The number of amidine groups is 1. The molecule has 0 aliphatic carbocycles. The number of nitrogens with one attached hydrogen (secondary N) is 2. The molecule has 20 heavy (non-hydrogen) atoms. The summed E-state index contributed by atoms with van der Waals surface area (Å²) in [7, 11) is 0. The molecule has 0 aliphatic rings. The summed E-state index contributed by atoms with van der Waals surface area (Å²) < 4.78 is 37.9. The Morgan fingerprint density at radius 2 is 1.90 bits per heavy atom. The van der Waals surface area contributed by atoms with Gasteiger partial charge in [0.15, 0.2) is 5.17 Å². The zero-order valence-corrected chi connectivity index (χ0v) is 13.0. The fourth-order valence-corrected chi connectivity index (χ4v) is 1.84. The lowest BCUT2D eigenvalue weighted by Crippen LogP contribution is -2.11. The molecule has 0 aliphatic heterocycles. The third-order valence-electron chi connectivity index (χ3n) is 2.10. The minimum absolute atomic E-state index is 0. The zero-order chi connectivity index (χ0) is 13.8. The maximum absolute atomic E-state index is 12.6. The Hall–Kier alpha value is -0.630. The van der Waals surface area contributed by atoms with Gasteiger partial charge in [0.1, 0.15) is 0 Å². The number of nitrogens with two attached hydrogens (primary N) is 1. The average molecular weight is 350 g/mol. The molecule has 0 bridgehead atoms. The van der Waals surface area contributed by atoms with E-state index in [1.165, 1.54) is 17.8 Å². The van der Waals surface area contributed by atoms with E-state index in [0.29, 0.717) is 11.3 Å². The molecule has 0 amide bonds. The van der Waals surface area contributed by atoms with Crippen LogP contribution in [0, 0.1) is 5.41 Å². The first-order valence-corrected chi connectivity index (χ1v) is 6.25. The largest absolute Gasteiger partial charge is 0.416 e. The third kappa shape index (κ3) is 6.69. The van der Waals surface area contributed by atoms with Gasteiger partial charge in [-0.3, -0.25) is 5.41 Å². The normalized spacial score (nSPS) is 10.2. The van der Waals surface area contributed by atoms with Crippen LogP contribution in [-0.2, 0) is 12.7 Å². The topological polar surface area (TPSA) is 61.9 Å². The molecule has 0 unspecified atom stereocenters. The molecule has 0 aromatic heterocycles. The molecule has 0 saturated heterocycles. The van der Waals surface area contributed by atoms with Crippen LogP contribution in [0.4, 0.5) is 18.9 Å². The molecule has 0 radical (unpaired) electrons. The van der Waals surface area contributed by atoms with Gasteiger partial charge in [-0.2, -0.15) is 13.2 Å². The fourth-order valence-electron chi connectivity index (χ4n) is 1.36. The highest BCUT2D eigenvalue weighted by Crippen LogP contribution is 2.32. The molecule has 1 aromatic rings. The van der Waals surface area contributed by atoms with Crippen LogP contribution in [0.1, 0.15) is 18.1 Å². The van der Waals surface area contributed by atoms with Gasteiger partial charge in [-0.05, 0) is 29.5 Å². The van der Waals surface area contributed by atoms with Gasteiger partial charge in [-0.1, -0.05) is 18.7 Å². The SMILES string of the molecule is CCSC(=N)Nc1cc(CN)cc(C(F)(F)F)c1.Cl.Cl. The van der Waals surface area contributed by atoms with Crippen LogP contribution in [0.5, 0.6) is 0 Å². The monoisotopic (exact) mass is 349 g/mol. The quantitative estimate of drug-likeness (QED) is 0.568. The number of rotatable bonds is 3. The number of thioether (sulfide) groups is 1. The number of hydrogen-bond acceptors (Lipinski definition) is 3. The first kappa shape index (κ1) is 21.7. The lowest BCUT2D eigenvalue weighted by Gasteiger charge is -2.13. The van der Waals surface area contributed by atoms with Crippen molar-refractivity contribution in [1.29, 1.82) is 5.41 Å². The molecular weight excluding hydrogens is 334 g/mol. The molecule has 0 heterocycles. The summed E-state index contributed by atoms with van der Waals surface area (Å²) in [5.41, 5.74) is 5.21. The van der Waals surface area contributed by atoms with E-state index in [-0.39, 0.29) is 42.2 Å². The molecule has 116 valence electrons. The van der Waals surface area contributed by atoms with E-state index in [1.54, 1.807) is 0 Å². The fraction of sp³-hybridized carbons (Fsp3) is 0.364. The molecule has 4 N–H and O–H groups in total. The van der Waals surface area contributed by atoms with Gasteiger partial charge < -0.3 is 11.1 Å². The molecule has 0 spiro atoms. The summed E-state index contributed by atoms with van der Waals surface area (Å²) >= 11 is 1.21. The number of halogens is 5. The Kier molecular flexibility index (Phi) is 10.1. The van der Waals surface area contributed by atoms with Gasteiger partial charge >= 0.3 is 6.18 Å². The van der Waals surface area contributed by atoms with E-state index in [9.17, 15) is 13.2 Å². The number of benzene rings is 1. The molecular formula is C11H16Cl2F3N3S. The first-order valence-electron chi connectivity index (χ1n) is 5.26. The molecule has 1 rings (SSSR count). The summed E-state index contributed by atoms with van der Waals surface area (Å²) in [5, 5.41) is 10.3. The second kappa shape index (κ2) is 9.33. The molecule has 0 saturated carbocycles. The maximum Gasteiger partial charge on any atom is 0.416 e. The van der Waals surface area contributed by atoms with E-state index < -0.39 is 11.7 Å².